The van der Waals surface area contributed by atoms with E-state index in [0.717, 1.165) is 24.4 Å². The van der Waals surface area contributed by atoms with Crippen LogP contribution in [0, 0.1) is 14.9 Å². The lowest BCUT2D eigenvalue weighted by atomic mass is 9.64. The third-order valence-corrected chi connectivity index (χ3v) is 2.80. The van der Waals surface area contributed by atoms with Gasteiger partial charge < -0.3 is 33.1 Å². The third-order valence-electron chi connectivity index (χ3n) is 2.80. The van der Waals surface area contributed by atoms with E-state index < -0.39 is 0 Å². The summed E-state index contributed by atoms with van der Waals surface area (Å²) in [6, 6.07) is 0. The van der Waals surface area contributed by atoms with Crippen LogP contribution in [0.4, 0.5) is 0 Å². The van der Waals surface area contributed by atoms with Crippen molar-refractivity contribution in [3.8, 4) is 0 Å². The van der Waals surface area contributed by atoms with Crippen molar-refractivity contribution < 1.29 is 18.3 Å². The van der Waals surface area contributed by atoms with E-state index in [1.807, 2.05) is 42.0 Å². The first-order valence-electron chi connectivity index (χ1n) is 7.42. The Kier molecular flexibility index (Phi) is 25.6. The van der Waals surface area contributed by atoms with E-state index in [1.54, 1.807) is 14.6 Å². The van der Waals surface area contributed by atoms with Gasteiger partial charge >= 0.3 is 14.6 Å². The van der Waals surface area contributed by atoms with Gasteiger partial charge in [-0.05, 0) is 0 Å². The summed E-state index contributed by atoms with van der Waals surface area (Å²) in [5.74, 6) is 1.61. The van der Waals surface area contributed by atoms with E-state index >= 15 is 0 Å². The number of hydrogen-bond donors (Lipinski definition) is 0. The second-order valence-electron chi connectivity index (χ2n) is 6.19. The van der Waals surface area contributed by atoms with Crippen molar-refractivity contribution in [2.45, 2.75) is 34.1 Å². The maximum atomic E-state index is 5.37. The van der Waals surface area contributed by atoms with Crippen LogP contribution in [0.25, 0.3) is 0 Å². The molecule has 0 aromatic rings. The van der Waals surface area contributed by atoms with Gasteiger partial charge in [0.1, 0.15) is 15.5 Å². The molecule has 0 spiro atoms. The van der Waals surface area contributed by atoms with Crippen molar-refractivity contribution in [1.29, 1.82) is 0 Å². The van der Waals surface area contributed by atoms with Crippen molar-refractivity contribution in [2.75, 3.05) is 41.7 Å². The summed E-state index contributed by atoms with van der Waals surface area (Å²) in [7, 11) is 21.8. The summed E-state index contributed by atoms with van der Waals surface area (Å²) in [6.45, 7) is 12.6. The molecule has 0 aliphatic heterocycles. The average Bonchev–Trinajstić information content (AvgIpc) is 2.50. The molecule has 0 fully saturated rings. The fourth-order valence-corrected chi connectivity index (χ4v) is 0.805. The molecular weight excluding hydrogens is 307 g/mol. The number of ether oxygens (including phenoxy) is 2. The number of allylic oxidation sites excluding steroid dienone is 2. The van der Waals surface area contributed by atoms with Gasteiger partial charge in [-0.15, -0.1) is 0 Å². The quantitative estimate of drug-likeness (QED) is 0.262. The van der Waals surface area contributed by atoms with E-state index in [2.05, 4.69) is 13.2 Å². The second kappa shape index (κ2) is 18.1. The molecule has 25 heavy (non-hydrogen) atoms. The largest absolute Gasteiger partial charge is 0.452 e. The van der Waals surface area contributed by atoms with Crippen LogP contribution in [0.3, 0.4) is 0 Å². The predicted molar refractivity (Wildman–Crippen MR) is 118 cm³/mol. The molecule has 0 aliphatic rings. The smallest absolute Gasteiger partial charge is 0.372 e. The highest BCUT2D eigenvalue weighted by atomic mass is 16.5. The van der Waals surface area contributed by atoms with Gasteiger partial charge in [-0.25, -0.2) is 0 Å². The molecule has 4 nitrogen and oxygen atoms in total. The fraction of sp³-hybridized carbons (Fsp3) is 0.647. The molecular formula is C17H40B4N2O2. The SMILES string of the molecule is C.[B][B][N+](C)(C)COC(=C)CC.[B][B][N+](C)(C)COC(=C)CC.[CH3-].[CH3-]. The van der Waals surface area contributed by atoms with E-state index in [-0.39, 0.29) is 22.3 Å². The van der Waals surface area contributed by atoms with Gasteiger partial charge in [-0.1, -0.05) is 34.4 Å². The summed E-state index contributed by atoms with van der Waals surface area (Å²) in [5.41, 5.74) is 0. The first-order chi connectivity index (χ1) is 10.0. The lowest BCUT2D eigenvalue weighted by Crippen LogP contribution is -2.45. The van der Waals surface area contributed by atoms with Crippen LogP contribution in [0.15, 0.2) is 24.7 Å². The van der Waals surface area contributed by atoms with Crippen molar-refractivity contribution in [2.24, 2.45) is 0 Å². The molecule has 6 radical (unpaired) electrons. The number of rotatable bonds is 10. The van der Waals surface area contributed by atoms with E-state index in [4.69, 9.17) is 24.9 Å². The second-order valence-corrected chi connectivity index (χ2v) is 6.19. The predicted octanol–water partition coefficient (Wildman–Crippen LogP) is 2.86. The topological polar surface area (TPSA) is 18.5 Å². The van der Waals surface area contributed by atoms with Gasteiger partial charge in [-0.3, -0.25) is 0 Å². The van der Waals surface area contributed by atoms with Gasteiger partial charge in [-0.2, -0.15) is 0 Å². The zero-order valence-corrected chi connectivity index (χ0v) is 17.3. The lowest BCUT2D eigenvalue weighted by molar-refractivity contribution is -0.799. The summed E-state index contributed by atoms with van der Waals surface area (Å²) < 4.78 is 11.7. The first kappa shape index (κ1) is 35.4. The Morgan fingerprint density at radius 2 is 1.04 bits per heavy atom. The maximum absolute atomic E-state index is 5.37. The summed E-state index contributed by atoms with van der Waals surface area (Å²) in [6.07, 6.45) is 1.70. The lowest BCUT2D eigenvalue weighted by Gasteiger charge is -2.28. The number of nitrogens with zero attached hydrogens (tertiary/aromatic N) is 2. The van der Waals surface area contributed by atoms with Crippen molar-refractivity contribution in [3.63, 3.8) is 0 Å². The minimum absolute atomic E-state index is 0. The Morgan fingerprint density at radius 1 is 0.800 bits per heavy atom. The van der Waals surface area contributed by atoms with Crippen LogP contribution in [-0.2, 0) is 9.47 Å². The van der Waals surface area contributed by atoms with Crippen molar-refractivity contribution in [3.05, 3.63) is 39.5 Å². The zero-order valence-electron chi connectivity index (χ0n) is 17.3. The molecule has 0 unspecified atom stereocenters. The van der Waals surface area contributed by atoms with Gasteiger partial charge in [0.05, 0.1) is 39.7 Å². The van der Waals surface area contributed by atoms with Gasteiger partial charge in [0.25, 0.3) is 0 Å². The summed E-state index contributed by atoms with van der Waals surface area (Å²) in [5, 5.41) is 0. The highest BCUT2D eigenvalue weighted by Crippen LogP contribution is 2.02. The Morgan fingerprint density at radius 3 is 1.20 bits per heavy atom. The van der Waals surface area contributed by atoms with E-state index in [9.17, 15) is 0 Å². The van der Waals surface area contributed by atoms with Crippen LogP contribution in [0.2, 0.25) is 0 Å². The molecule has 8 heteroatoms. The van der Waals surface area contributed by atoms with E-state index in [1.165, 1.54) is 0 Å². The molecule has 0 atom stereocenters. The number of quaternary nitrogens is 2. The summed E-state index contributed by atoms with van der Waals surface area (Å²) in [4.78, 5) is 0. The first-order valence-corrected chi connectivity index (χ1v) is 7.42. The normalized spacial score (nSPS) is 9.52. The summed E-state index contributed by atoms with van der Waals surface area (Å²) >= 11 is 0. The molecule has 0 saturated carbocycles. The van der Waals surface area contributed by atoms with Crippen molar-refractivity contribution >= 4 is 30.1 Å². The van der Waals surface area contributed by atoms with Crippen LogP contribution < -0.4 is 0 Å². The highest BCUT2D eigenvalue weighted by molar-refractivity contribution is 6.85. The Balaban J connectivity index is -0.0000000952. The number of hydrogen-bond acceptors (Lipinski definition) is 2. The van der Waals surface area contributed by atoms with Crippen LogP contribution in [-0.4, -0.2) is 80.5 Å². The molecule has 0 aromatic heterocycles. The molecule has 142 valence electrons. The van der Waals surface area contributed by atoms with E-state index in [0.29, 0.717) is 22.2 Å². The molecule has 0 heterocycles. The molecule has 0 amide bonds. The van der Waals surface area contributed by atoms with Crippen LogP contribution >= 0.6 is 0 Å². The highest BCUT2D eigenvalue weighted by Gasteiger charge is 2.14. The van der Waals surface area contributed by atoms with Crippen LogP contribution in [0.1, 0.15) is 34.1 Å². The molecule has 0 N–H and O–H groups in total. The molecule has 0 saturated heterocycles. The van der Waals surface area contributed by atoms with Gasteiger partial charge in [0, 0.05) is 12.8 Å². The maximum Gasteiger partial charge on any atom is 0.372 e. The molecule has 0 aromatic carbocycles. The Labute approximate surface area is 164 Å². The molecule has 0 aliphatic carbocycles. The minimum Gasteiger partial charge on any atom is -0.452 e. The van der Waals surface area contributed by atoms with Gasteiger partial charge in [0.2, 0.25) is 13.5 Å². The average molecular weight is 348 g/mol. The van der Waals surface area contributed by atoms with Crippen molar-refractivity contribution in [1.82, 2.24) is 0 Å². The third kappa shape index (κ3) is 23.3. The standard InChI is InChI=1S/2C7H15B2NO.CH4.2CH3/c2*1-5-7(2)11-6-10(3,4)9-8;;;/h2*2,5-6H2,1,3-4H3;1H4;2*1H3/q2*+1;;2*-1. The molecule has 0 rings (SSSR count). The van der Waals surface area contributed by atoms with Gasteiger partial charge in [0.15, 0.2) is 0 Å². The molecule has 0 bridgehead atoms. The monoisotopic (exact) mass is 348 g/mol. The Hall–Kier alpha value is -0.740. The van der Waals surface area contributed by atoms with Crippen LogP contribution in [0.5, 0.6) is 0 Å². The zero-order chi connectivity index (χ0) is 17.8. The fourth-order valence-electron chi connectivity index (χ4n) is 0.805. The minimum atomic E-state index is 0. The Bertz CT molecular complexity index is 307.